The predicted molar refractivity (Wildman–Crippen MR) is 64.9 cm³/mol. The first-order valence-electron chi connectivity index (χ1n) is 5.43. The number of rotatable bonds is 2. The van der Waals surface area contributed by atoms with Crippen molar-refractivity contribution in [1.29, 1.82) is 0 Å². The van der Waals surface area contributed by atoms with E-state index in [0.717, 1.165) is 12.1 Å². The van der Waals surface area contributed by atoms with Crippen molar-refractivity contribution in [3.63, 3.8) is 0 Å². The van der Waals surface area contributed by atoms with Gasteiger partial charge in [-0.1, -0.05) is 20.8 Å². The summed E-state index contributed by atoms with van der Waals surface area (Å²) >= 11 is 0. The molecule has 0 atom stereocenters. The van der Waals surface area contributed by atoms with Crippen molar-refractivity contribution >= 4 is 0 Å². The highest BCUT2D eigenvalue weighted by Crippen LogP contribution is 2.22. The first-order chi connectivity index (χ1) is 6.68. The molecular formula is C13H22N2. The summed E-state index contributed by atoms with van der Waals surface area (Å²) in [4.78, 5) is 4.36. The van der Waals surface area contributed by atoms with Crippen molar-refractivity contribution in [2.45, 2.75) is 52.0 Å². The second-order valence-corrected chi connectivity index (χ2v) is 5.95. The van der Waals surface area contributed by atoms with Crippen LogP contribution in [0.5, 0.6) is 0 Å². The maximum atomic E-state index is 5.99. The molecule has 1 aromatic rings. The lowest BCUT2D eigenvalue weighted by molar-refractivity contribution is 0.507. The third kappa shape index (κ3) is 4.00. The van der Waals surface area contributed by atoms with E-state index in [4.69, 9.17) is 5.73 Å². The Morgan fingerprint density at radius 1 is 1.20 bits per heavy atom. The summed E-state index contributed by atoms with van der Waals surface area (Å²) in [6.07, 6.45) is 2.69. The lowest BCUT2D eigenvalue weighted by atomic mass is 9.86. The number of nitrogens with two attached hydrogens (primary N) is 1. The van der Waals surface area contributed by atoms with E-state index in [-0.39, 0.29) is 11.0 Å². The van der Waals surface area contributed by atoms with Crippen molar-refractivity contribution in [3.05, 3.63) is 29.6 Å². The molecule has 0 aliphatic rings. The number of nitrogens with zero attached hydrogens (tertiary/aromatic N) is 1. The lowest BCUT2D eigenvalue weighted by Gasteiger charge is -2.22. The van der Waals surface area contributed by atoms with Crippen molar-refractivity contribution < 1.29 is 0 Å². The van der Waals surface area contributed by atoms with Crippen LogP contribution in [-0.2, 0) is 11.8 Å². The van der Waals surface area contributed by atoms with Crippen LogP contribution in [0.15, 0.2) is 18.3 Å². The fourth-order valence-electron chi connectivity index (χ4n) is 1.51. The van der Waals surface area contributed by atoms with Gasteiger partial charge in [0.15, 0.2) is 0 Å². The summed E-state index contributed by atoms with van der Waals surface area (Å²) in [7, 11) is 0. The molecule has 0 unspecified atom stereocenters. The van der Waals surface area contributed by atoms with Crippen LogP contribution >= 0.6 is 0 Å². The number of hydrogen-bond acceptors (Lipinski definition) is 2. The molecule has 2 N–H and O–H groups in total. The van der Waals surface area contributed by atoms with Crippen LogP contribution in [0.2, 0.25) is 0 Å². The van der Waals surface area contributed by atoms with Crippen LogP contribution in [0.25, 0.3) is 0 Å². The molecule has 0 saturated carbocycles. The van der Waals surface area contributed by atoms with Gasteiger partial charge < -0.3 is 5.73 Å². The van der Waals surface area contributed by atoms with E-state index in [1.54, 1.807) is 0 Å². The van der Waals surface area contributed by atoms with E-state index in [0.29, 0.717) is 0 Å². The molecule has 0 radical (unpaired) electrons. The van der Waals surface area contributed by atoms with Crippen LogP contribution in [0.3, 0.4) is 0 Å². The third-order valence-corrected chi connectivity index (χ3v) is 2.32. The summed E-state index contributed by atoms with van der Waals surface area (Å²) in [5.41, 5.74) is 8.37. The van der Waals surface area contributed by atoms with Gasteiger partial charge >= 0.3 is 0 Å². The molecule has 84 valence electrons. The Kier molecular flexibility index (Phi) is 3.19. The van der Waals surface area contributed by atoms with Crippen LogP contribution in [0.4, 0.5) is 0 Å². The molecule has 1 heterocycles. The fraction of sp³-hybridized carbons (Fsp3) is 0.615. The Labute approximate surface area is 92.9 Å². The summed E-state index contributed by atoms with van der Waals surface area (Å²) < 4.78 is 0. The molecular weight excluding hydrogens is 184 g/mol. The zero-order valence-corrected chi connectivity index (χ0v) is 10.5. The van der Waals surface area contributed by atoms with Gasteiger partial charge in [0.05, 0.1) is 0 Å². The largest absolute Gasteiger partial charge is 0.325 e. The van der Waals surface area contributed by atoms with Gasteiger partial charge in [0.1, 0.15) is 0 Å². The lowest BCUT2D eigenvalue weighted by Crippen LogP contribution is -2.34. The van der Waals surface area contributed by atoms with Crippen LogP contribution in [0.1, 0.15) is 45.9 Å². The summed E-state index contributed by atoms with van der Waals surface area (Å²) in [5, 5.41) is 0. The monoisotopic (exact) mass is 206 g/mol. The maximum Gasteiger partial charge on any atom is 0.0424 e. The zero-order chi connectivity index (χ0) is 11.7. The zero-order valence-electron chi connectivity index (χ0n) is 10.5. The minimum absolute atomic E-state index is 0.177. The number of pyridine rings is 1. The molecule has 0 fully saturated rings. The highest BCUT2D eigenvalue weighted by Gasteiger charge is 2.17. The molecule has 1 aromatic heterocycles. The minimum atomic E-state index is -0.191. The van der Waals surface area contributed by atoms with Gasteiger partial charge in [0.2, 0.25) is 0 Å². The van der Waals surface area contributed by atoms with Crippen molar-refractivity contribution in [1.82, 2.24) is 4.98 Å². The van der Waals surface area contributed by atoms with Gasteiger partial charge in [-0.25, -0.2) is 0 Å². The molecule has 2 heteroatoms. The van der Waals surface area contributed by atoms with Gasteiger partial charge in [-0.3, -0.25) is 4.98 Å². The molecule has 0 amide bonds. The minimum Gasteiger partial charge on any atom is -0.325 e. The Morgan fingerprint density at radius 2 is 1.80 bits per heavy atom. The predicted octanol–water partition coefficient (Wildman–Crippen LogP) is 2.66. The molecule has 2 nitrogen and oxygen atoms in total. The standard InChI is InChI=1S/C13H22N2/c1-12(2,3)10-6-7-15-11(8-10)9-13(4,5)14/h6-8H,9,14H2,1-5H3. The van der Waals surface area contributed by atoms with Crippen LogP contribution in [0, 0.1) is 0 Å². The van der Waals surface area contributed by atoms with Gasteiger partial charge in [-0.05, 0) is 37.0 Å². The molecule has 0 saturated heterocycles. The summed E-state index contributed by atoms with van der Waals surface area (Å²) in [6, 6.07) is 4.24. The van der Waals surface area contributed by atoms with E-state index in [9.17, 15) is 0 Å². The topological polar surface area (TPSA) is 38.9 Å². The van der Waals surface area contributed by atoms with E-state index in [1.807, 2.05) is 20.0 Å². The molecule has 0 spiro atoms. The normalized spacial score (nSPS) is 12.9. The SMILES string of the molecule is CC(C)(N)Cc1cc(C(C)(C)C)ccn1. The third-order valence-electron chi connectivity index (χ3n) is 2.32. The Morgan fingerprint density at radius 3 is 2.27 bits per heavy atom. The Hall–Kier alpha value is -0.890. The highest BCUT2D eigenvalue weighted by molar-refractivity contribution is 5.24. The molecule has 0 bridgehead atoms. The second-order valence-electron chi connectivity index (χ2n) is 5.95. The molecule has 0 aromatic carbocycles. The van der Waals surface area contributed by atoms with Crippen molar-refractivity contribution in [2.75, 3.05) is 0 Å². The first kappa shape index (κ1) is 12.2. The van der Waals surface area contributed by atoms with Gasteiger partial charge in [-0.15, -0.1) is 0 Å². The Bertz CT molecular complexity index is 329. The average molecular weight is 206 g/mol. The van der Waals surface area contributed by atoms with E-state index >= 15 is 0 Å². The quantitative estimate of drug-likeness (QED) is 0.808. The molecule has 15 heavy (non-hydrogen) atoms. The van der Waals surface area contributed by atoms with Crippen LogP contribution < -0.4 is 5.73 Å². The van der Waals surface area contributed by atoms with Crippen molar-refractivity contribution in [2.24, 2.45) is 5.73 Å². The smallest absolute Gasteiger partial charge is 0.0424 e. The second kappa shape index (κ2) is 3.93. The van der Waals surface area contributed by atoms with Crippen LogP contribution in [-0.4, -0.2) is 10.5 Å². The molecule has 1 rings (SSSR count). The van der Waals surface area contributed by atoms with Gasteiger partial charge in [0.25, 0.3) is 0 Å². The number of hydrogen-bond donors (Lipinski definition) is 1. The highest BCUT2D eigenvalue weighted by atomic mass is 14.7. The fourth-order valence-corrected chi connectivity index (χ4v) is 1.51. The summed E-state index contributed by atoms with van der Waals surface area (Å²) in [5.74, 6) is 0. The van der Waals surface area contributed by atoms with Crippen molar-refractivity contribution in [3.8, 4) is 0 Å². The van der Waals surface area contributed by atoms with E-state index in [1.165, 1.54) is 5.56 Å². The van der Waals surface area contributed by atoms with Gasteiger partial charge in [-0.2, -0.15) is 0 Å². The average Bonchev–Trinajstić information content (AvgIpc) is 1.99. The van der Waals surface area contributed by atoms with E-state index in [2.05, 4.69) is 37.9 Å². The number of aromatic nitrogens is 1. The van der Waals surface area contributed by atoms with E-state index < -0.39 is 0 Å². The molecule has 0 aliphatic carbocycles. The maximum absolute atomic E-state index is 5.99. The first-order valence-corrected chi connectivity index (χ1v) is 5.43. The molecule has 0 aliphatic heterocycles. The Balaban J connectivity index is 2.94. The summed E-state index contributed by atoms with van der Waals surface area (Å²) in [6.45, 7) is 10.7. The van der Waals surface area contributed by atoms with Gasteiger partial charge in [0, 0.05) is 23.9 Å².